The first kappa shape index (κ1) is 12.1. The van der Waals surface area contributed by atoms with Gasteiger partial charge in [0.25, 0.3) is 5.69 Å². The van der Waals surface area contributed by atoms with E-state index in [-0.39, 0.29) is 17.9 Å². The molecule has 94 valence electrons. The Labute approximate surface area is 102 Å². The van der Waals surface area contributed by atoms with Gasteiger partial charge in [0.1, 0.15) is 11.6 Å². The maximum absolute atomic E-state index is 13.4. The molecule has 0 saturated carbocycles. The molecule has 0 spiro atoms. The first-order chi connectivity index (χ1) is 8.58. The summed E-state index contributed by atoms with van der Waals surface area (Å²) in [6.07, 6.45) is 1.54. The van der Waals surface area contributed by atoms with Crippen molar-refractivity contribution in [3.8, 4) is 0 Å². The maximum atomic E-state index is 13.4. The lowest BCUT2D eigenvalue weighted by Crippen LogP contribution is -2.02. The molecule has 0 atom stereocenters. The minimum atomic E-state index is -0.567. The van der Waals surface area contributed by atoms with E-state index in [2.05, 4.69) is 5.32 Å². The number of nitro groups is 1. The first-order valence-corrected chi connectivity index (χ1v) is 5.28. The van der Waals surface area contributed by atoms with E-state index in [0.717, 1.165) is 23.8 Å². The topological polar surface area (TPSA) is 68.3 Å². The van der Waals surface area contributed by atoms with Crippen LogP contribution in [0.5, 0.6) is 0 Å². The number of nitrogens with one attached hydrogen (secondary N) is 1. The summed E-state index contributed by atoms with van der Waals surface area (Å²) < 4.78 is 18.6. The van der Waals surface area contributed by atoms with Crippen LogP contribution >= 0.6 is 0 Å². The highest BCUT2D eigenvalue weighted by molar-refractivity contribution is 5.52. The number of aryl methyl sites for hydroxylation is 1. The van der Waals surface area contributed by atoms with Crippen molar-refractivity contribution in [3.05, 3.63) is 57.8 Å². The molecule has 2 rings (SSSR count). The van der Waals surface area contributed by atoms with Gasteiger partial charge in [0.15, 0.2) is 0 Å². The Balaban J connectivity index is 2.16. The molecular weight excluding hydrogens is 239 g/mol. The first-order valence-electron chi connectivity index (χ1n) is 5.28. The summed E-state index contributed by atoms with van der Waals surface area (Å²) in [6, 6.07) is 5.14. The van der Waals surface area contributed by atoms with Crippen molar-refractivity contribution in [2.24, 2.45) is 0 Å². The van der Waals surface area contributed by atoms with Gasteiger partial charge in [0.2, 0.25) is 0 Å². The average molecular weight is 250 g/mol. The van der Waals surface area contributed by atoms with Crippen LogP contribution in [0, 0.1) is 22.9 Å². The van der Waals surface area contributed by atoms with Gasteiger partial charge in [-0.05, 0) is 24.6 Å². The van der Waals surface area contributed by atoms with Crippen molar-refractivity contribution in [1.82, 2.24) is 0 Å². The van der Waals surface area contributed by atoms with Crippen LogP contribution in [0.3, 0.4) is 0 Å². The molecule has 1 aromatic carbocycles. The van der Waals surface area contributed by atoms with E-state index in [9.17, 15) is 14.5 Å². The van der Waals surface area contributed by atoms with Crippen molar-refractivity contribution in [2.45, 2.75) is 13.5 Å². The fraction of sp³-hybridized carbons (Fsp3) is 0.167. The van der Waals surface area contributed by atoms with Crippen molar-refractivity contribution >= 4 is 11.4 Å². The second-order valence-electron chi connectivity index (χ2n) is 3.80. The summed E-state index contributed by atoms with van der Waals surface area (Å²) in [4.78, 5) is 10.0. The number of non-ortho nitro benzene ring substituents is 1. The molecule has 0 fully saturated rings. The lowest BCUT2D eigenvalue weighted by Gasteiger charge is -2.06. The Hall–Kier alpha value is -2.37. The number of hydrogen-bond donors (Lipinski definition) is 1. The van der Waals surface area contributed by atoms with Crippen LogP contribution in [0.2, 0.25) is 0 Å². The number of rotatable bonds is 4. The zero-order valence-electron chi connectivity index (χ0n) is 9.64. The number of benzene rings is 1. The van der Waals surface area contributed by atoms with Crippen LogP contribution in [0.4, 0.5) is 15.8 Å². The van der Waals surface area contributed by atoms with Gasteiger partial charge in [-0.25, -0.2) is 4.39 Å². The Kier molecular flexibility index (Phi) is 3.27. The number of furan rings is 1. The van der Waals surface area contributed by atoms with Gasteiger partial charge in [-0.15, -0.1) is 0 Å². The monoisotopic (exact) mass is 250 g/mol. The highest BCUT2D eigenvalue weighted by Gasteiger charge is 2.11. The summed E-state index contributed by atoms with van der Waals surface area (Å²) >= 11 is 0. The standard InChI is InChI=1S/C12H11FN2O3/c1-8-4-5-18-12(8)7-14-11-6-9(15(16)17)2-3-10(11)13/h2-6,14H,7H2,1H3. The second kappa shape index (κ2) is 4.87. The smallest absolute Gasteiger partial charge is 0.271 e. The molecule has 1 heterocycles. The maximum Gasteiger partial charge on any atom is 0.271 e. The van der Waals surface area contributed by atoms with Crippen LogP contribution in [0.1, 0.15) is 11.3 Å². The largest absolute Gasteiger partial charge is 0.467 e. The van der Waals surface area contributed by atoms with Gasteiger partial charge >= 0.3 is 0 Å². The molecule has 1 N–H and O–H groups in total. The average Bonchev–Trinajstić information content (AvgIpc) is 2.73. The Morgan fingerprint density at radius 3 is 2.83 bits per heavy atom. The molecule has 1 aromatic heterocycles. The van der Waals surface area contributed by atoms with Gasteiger partial charge in [-0.1, -0.05) is 0 Å². The van der Waals surface area contributed by atoms with Gasteiger partial charge in [0.05, 0.1) is 23.4 Å². The van der Waals surface area contributed by atoms with Gasteiger partial charge in [-0.2, -0.15) is 0 Å². The molecule has 0 bridgehead atoms. The Bertz CT molecular complexity index is 580. The van der Waals surface area contributed by atoms with Crippen molar-refractivity contribution in [3.63, 3.8) is 0 Å². The Morgan fingerprint density at radius 2 is 2.22 bits per heavy atom. The third-order valence-corrected chi connectivity index (χ3v) is 2.57. The molecule has 0 saturated heterocycles. The zero-order valence-corrected chi connectivity index (χ0v) is 9.64. The summed E-state index contributed by atoms with van der Waals surface area (Å²) in [5.74, 6) is 0.130. The van der Waals surface area contributed by atoms with Crippen LogP contribution in [-0.4, -0.2) is 4.92 Å². The van der Waals surface area contributed by atoms with E-state index in [1.54, 1.807) is 6.07 Å². The van der Waals surface area contributed by atoms with Crippen molar-refractivity contribution < 1.29 is 13.7 Å². The summed E-state index contributed by atoms with van der Waals surface area (Å²) in [5, 5.41) is 13.4. The van der Waals surface area contributed by atoms with Gasteiger partial charge in [0, 0.05) is 12.1 Å². The van der Waals surface area contributed by atoms with E-state index in [1.807, 2.05) is 6.92 Å². The Morgan fingerprint density at radius 1 is 1.44 bits per heavy atom. The summed E-state index contributed by atoms with van der Waals surface area (Å²) in [6.45, 7) is 2.14. The van der Waals surface area contributed by atoms with E-state index in [1.165, 1.54) is 6.26 Å². The highest BCUT2D eigenvalue weighted by Crippen LogP contribution is 2.22. The second-order valence-corrected chi connectivity index (χ2v) is 3.80. The number of hydrogen-bond acceptors (Lipinski definition) is 4. The molecule has 6 heteroatoms. The predicted molar refractivity (Wildman–Crippen MR) is 63.8 cm³/mol. The third-order valence-electron chi connectivity index (χ3n) is 2.57. The summed E-state index contributed by atoms with van der Waals surface area (Å²) in [7, 11) is 0. The highest BCUT2D eigenvalue weighted by atomic mass is 19.1. The van der Waals surface area contributed by atoms with E-state index in [0.29, 0.717) is 5.76 Å². The minimum Gasteiger partial charge on any atom is -0.467 e. The predicted octanol–water partition coefficient (Wildman–Crippen LogP) is 3.25. The number of nitrogens with zero attached hydrogens (tertiary/aromatic N) is 1. The van der Waals surface area contributed by atoms with E-state index in [4.69, 9.17) is 4.42 Å². The van der Waals surface area contributed by atoms with Crippen LogP contribution in [0.25, 0.3) is 0 Å². The fourth-order valence-electron chi connectivity index (χ4n) is 1.52. The number of halogens is 1. The lowest BCUT2D eigenvalue weighted by molar-refractivity contribution is -0.384. The third kappa shape index (κ3) is 2.48. The van der Waals surface area contributed by atoms with Crippen molar-refractivity contribution in [1.29, 1.82) is 0 Å². The molecule has 2 aromatic rings. The molecule has 0 unspecified atom stereocenters. The van der Waals surface area contributed by atoms with Crippen LogP contribution in [-0.2, 0) is 6.54 Å². The summed E-state index contributed by atoms with van der Waals surface area (Å²) in [5.41, 5.74) is 0.864. The molecule has 0 amide bonds. The van der Waals surface area contributed by atoms with E-state index < -0.39 is 10.7 Å². The number of nitro benzene ring substituents is 1. The molecule has 0 radical (unpaired) electrons. The molecule has 0 aliphatic rings. The van der Waals surface area contributed by atoms with E-state index >= 15 is 0 Å². The molecular formula is C12H11FN2O3. The minimum absolute atomic E-state index is 0.0833. The zero-order chi connectivity index (χ0) is 13.1. The fourth-order valence-corrected chi connectivity index (χ4v) is 1.52. The number of anilines is 1. The normalized spacial score (nSPS) is 10.3. The van der Waals surface area contributed by atoms with Crippen molar-refractivity contribution in [2.75, 3.05) is 5.32 Å². The van der Waals surface area contributed by atoms with Gasteiger partial charge in [-0.3, -0.25) is 10.1 Å². The lowest BCUT2D eigenvalue weighted by atomic mass is 10.2. The van der Waals surface area contributed by atoms with Crippen LogP contribution in [0.15, 0.2) is 34.9 Å². The molecule has 18 heavy (non-hydrogen) atoms. The quantitative estimate of drug-likeness (QED) is 0.668. The molecule has 0 aliphatic carbocycles. The molecule has 5 nitrogen and oxygen atoms in total. The van der Waals surface area contributed by atoms with Crippen LogP contribution < -0.4 is 5.32 Å². The molecule has 0 aliphatic heterocycles. The van der Waals surface area contributed by atoms with Gasteiger partial charge < -0.3 is 9.73 Å². The SMILES string of the molecule is Cc1ccoc1CNc1cc([N+](=O)[O-])ccc1F.